The van der Waals surface area contributed by atoms with E-state index in [2.05, 4.69) is 18.7 Å². The van der Waals surface area contributed by atoms with Crippen LogP contribution < -0.4 is 5.73 Å². The first-order chi connectivity index (χ1) is 8.02. The zero-order valence-electron chi connectivity index (χ0n) is 12.0. The van der Waals surface area contributed by atoms with Crippen LogP contribution in [0.3, 0.4) is 0 Å². The molecule has 1 saturated heterocycles. The topological polar surface area (TPSA) is 38.5 Å². The molecule has 4 heteroatoms. The van der Waals surface area contributed by atoms with Gasteiger partial charge in [-0.1, -0.05) is 20.3 Å². The van der Waals surface area contributed by atoms with Gasteiger partial charge in [-0.25, -0.2) is 0 Å². The average Bonchev–Trinajstić information content (AvgIpc) is 2.60. The van der Waals surface area contributed by atoms with Gasteiger partial charge in [-0.3, -0.25) is 0 Å². The van der Waals surface area contributed by atoms with Crippen molar-refractivity contribution in [2.75, 3.05) is 33.4 Å². The molecule has 0 amide bonds. The normalized spacial score (nSPS) is 33.0. The minimum atomic E-state index is 0. The van der Waals surface area contributed by atoms with Crippen molar-refractivity contribution >= 4 is 12.4 Å². The second kappa shape index (κ2) is 6.56. The lowest BCUT2D eigenvalue weighted by Crippen LogP contribution is -2.39. The highest BCUT2D eigenvalue weighted by atomic mass is 35.5. The van der Waals surface area contributed by atoms with Gasteiger partial charge in [0.15, 0.2) is 0 Å². The molecule has 2 rings (SSSR count). The molecule has 0 aromatic rings. The van der Waals surface area contributed by atoms with Crippen molar-refractivity contribution in [3.63, 3.8) is 0 Å². The van der Waals surface area contributed by atoms with E-state index in [-0.39, 0.29) is 17.8 Å². The van der Waals surface area contributed by atoms with E-state index in [9.17, 15) is 0 Å². The van der Waals surface area contributed by atoms with E-state index in [0.29, 0.717) is 6.04 Å². The Kier molecular flexibility index (Phi) is 5.91. The molecule has 0 bridgehead atoms. The molecule has 0 aromatic heterocycles. The van der Waals surface area contributed by atoms with Crippen molar-refractivity contribution in [1.82, 2.24) is 4.90 Å². The third-order valence-electron chi connectivity index (χ3n) is 4.42. The van der Waals surface area contributed by atoms with E-state index in [4.69, 9.17) is 10.5 Å². The first kappa shape index (κ1) is 16.2. The van der Waals surface area contributed by atoms with Crippen LogP contribution in [0.4, 0.5) is 0 Å². The molecular formula is C14H29ClN2O. The van der Waals surface area contributed by atoms with Gasteiger partial charge in [0.1, 0.15) is 0 Å². The van der Waals surface area contributed by atoms with E-state index in [0.717, 1.165) is 25.0 Å². The third-order valence-corrected chi connectivity index (χ3v) is 4.42. The van der Waals surface area contributed by atoms with Crippen molar-refractivity contribution in [3.8, 4) is 0 Å². The molecule has 2 N–H and O–H groups in total. The predicted octanol–water partition coefficient (Wildman–Crippen LogP) is 2.14. The number of nitrogens with two attached hydrogens (primary N) is 1. The molecule has 1 aliphatic heterocycles. The van der Waals surface area contributed by atoms with Crippen LogP contribution in [0, 0.1) is 17.3 Å². The molecule has 108 valence electrons. The summed E-state index contributed by atoms with van der Waals surface area (Å²) in [4.78, 5) is 2.61. The van der Waals surface area contributed by atoms with Crippen LogP contribution in [0.15, 0.2) is 0 Å². The van der Waals surface area contributed by atoms with Gasteiger partial charge in [0.05, 0.1) is 6.61 Å². The van der Waals surface area contributed by atoms with Crippen molar-refractivity contribution in [2.45, 2.75) is 39.2 Å². The van der Waals surface area contributed by atoms with Crippen molar-refractivity contribution < 1.29 is 4.74 Å². The number of likely N-dealkylation sites (tertiary alicyclic amines) is 1. The first-order valence-electron chi connectivity index (χ1n) is 6.99. The summed E-state index contributed by atoms with van der Waals surface area (Å²) >= 11 is 0. The van der Waals surface area contributed by atoms with Crippen LogP contribution in [0.2, 0.25) is 0 Å². The molecule has 18 heavy (non-hydrogen) atoms. The Morgan fingerprint density at radius 1 is 1.28 bits per heavy atom. The summed E-state index contributed by atoms with van der Waals surface area (Å²) in [5.41, 5.74) is 6.51. The Morgan fingerprint density at radius 2 is 2.00 bits per heavy atom. The number of ether oxygens (including phenoxy) is 1. The second-order valence-corrected chi connectivity index (χ2v) is 6.81. The van der Waals surface area contributed by atoms with Crippen LogP contribution in [-0.4, -0.2) is 44.3 Å². The summed E-state index contributed by atoms with van der Waals surface area (Å²) in [6.07, 6.45) is 3.95. The van der Waals surface area contributed by atoms with Crippen LogP contribution in [0.5, 0.6) is 0 Å². The van der Waals surface area contributed by atoms with Gasteiger partial charge in [0.2, 0.25) is 0 Å². The van der Waals surface area contributed by atoms with Crippen molar-refractivity contribution in [2.24, 2.45) is 23.0 Å². The lowest BCUT2D eigenvalue weighted by Gasteiger charge is -2.30. The van der Waals surface area contributed by atoms with Gasteiger partial charge >= 0.3 is 0 Å². The van der Waals surface area contributed by atoms with Crippen LogP contribution in [0.1, 0.15) is 33.1 Å². The Balaban J connectivity index is 0.00000162. The fraction of sp³-hybridized carbons (Fsp3) is 1.00. The Bertz CT molecular complexity index is 260. The predicted molar refractivity (Wildman–Crippen MR) is 78.2 cm³/mol. The number of halogens is 1. The number of hydrogen-bond acceptors (Lipinski definition) is 3. The lowest BCUT2D eigenvalue weighted by molar-refractivity contribution is 0.0751. The fourth-order valence-electron chi connectivity index (χ4n) is 3.78. The van der Waals surface area contributed by atoms with E-state index in [1.165, 1.54) is 32.4 Å². The highest BCUT2D eigenvalue weighted by Crippen LogP contribution is 2.36. The number of rotatable bonds is 4. The molecular weight excluding hydrogens is 248 g/mol. The van der Waals surface area contributed by atoms with Crippen molar-refractivity contribution in [3.05, 3.63) is 0 Å². The summed E-state index contributed by atoms with van der Waals surface area (Å²) in [6.45, 7) is 9.02. The molecule has 3 nitrogen and oxygen atoms in total. The average molecular weight is 277 g/mol. The van der Waals surface area contributed by atoms with E-state index in [1.54, 1.807) is 7.11 Å². The maximum absolute atomic E-state index is 6.25. The number of nitrogens with zero attached hydrogens (tertiary/aromatic N) is 1. The zero-order valence-corrected chi connectivity index (χ0v) is 12.8. The lowest BCUT2D eigenvalue weighted by atomic mass is 9.78. The maximum Gasteiger partial charge on any atom is 0.0525 e. The van der Waals surface area contributed by atoms with Gasteiger partial charge in [0.25, 0.3) is 0 Å². The van der Waals surface area contributed by atoms with E-state index < -0.39 is 0 Å². The number of fused-ring (bicyclic) bond motifs is 1. The fourth-order valence-corrected chi connectivity index (χ4v) is 3.78. The van der Waals surface area contributed by atoms with E-state index >= 15 is 0 Å². The number of hydrogen-bond donors (Lipinski definition) is 1. The summed E-state index contributed by atoms with van der Waals surface area (Å²) < 4.78 is 5.31. The molecule has 3 atom stereocenters. The Labute approximate surface area is 118 Å². The smallest absolute Gasteiger partial charge is 0.0525 e. The summed E-state index contributed by atoms with van der Waals surface area (Å²) in [6, 6.07) is 0.448. The molecule has 1 saturated carbocycles. The SMILES string of the molecule is COCC(C)(C)CN1CC2CCCC(N)C2C1.Cl. The highest BCUT2D eigenvalue weighted by molar-refractivity contribution is 5.85. The van der Waals surface area contributed by atoms with Gasteiger partial charge in [-0.2, -0.15) is 0 Å². The van der Waals surface area contributed by atoms with Gasteiger partial charge in [0, 0.05) is 38.2 Å². The van der Waals surface area contributed by atoms with E-state index in [1.807, 2.05) is 0 Å². The molecule has 2 fully saturated rings. The quantitative estimate of drug-likeness (QED) is 0.855. The molecule has 1 heterocycles. The van der Waals surface area contributed by atoms with Gasteiger partial charge in [-0.15, -0.1) is 12.4 Å². The molecule has 0 radical (unpaired) electrons. The zero-order chi connectivity index (χ0) is 12.5. The Hall–Kier alpha value is 0.170. The second-order valence-electron chi connectivity index (χ2n) is 6.81. The summed E-state index contributed by atoms with van der Waals surface area (Å²) in [5, 5.41) is 0. The third kappa shape index (κ3) is 3.83. The van der Waals surface area contributed by atoms with Gasteiger partial charge < -0.3 is 15.4 Å². The van der Waals surface area contributed by atoms with Crippen LogP contribution >= 0.6 is 12.4 Å². The van der Waals surface area contributed by atoms with Crippen LogP contribution in [0.25, 0.3) is 0 Å². The minimum Gasteiger partial charge on any atom is -0.384 e. The monoisotopic (exact) mass is 276 g/mol. The highest BCUT2D eigenvalue weighted by Gasteiger charge is 2.39. The minimum absolute atomic E-state index is 0. The molecule has 0 aromatic carbocycles. The van der Waals surface area contributed by atoms with Crippen LogP contribution in [-0.2, 0) is 4.74 Å². The largest absolute Gasteiger partial charge is 0.384 e. The Morgan fingerprint density at radius 3 is 2.61 bits per heavy atom. The molecule has 3 unspecified atom stereocenters. The standard InChI is InChI=1S/C14H28N2O.ClH/c1-14(2,10-17-3)9-16-7-11-5-4-6-13(15)12(11)8-16;/h11-13H,4-10,15H2,1-3H3;1H. The van der Waals surface area contributed by atoms with Crippen molar-refractivity contribution in [1.29, 1.82) is 0 Å². The maximum atomic E-state index is 6.25. The first-order valence-corrected chi connectivity index (χ1v) is 6.99. The number of methoxy groups -OCH3 is 1. The summed E-state index contributed by atoms with van der Waals surface area (Å²) in [7, 11) is 1.79. The summed E-state index contributed by atoms with van der Waals surface area (Å²) in [5.74, 6) is 1.61. The van der Waals surface area contributed by atoms with Gasteiger partial charge in [-0.05, 0) is 24.7 Å². The molecule has 2 aliphatic rings. The molecule has 0 spiro atoms. The molecule has 1 aliphatic carbocycles.